The molecule has 0 aromatic heterocycles. The van der Waals surface area contributed by atoms with Crippen molar-refractivity contribution in [3.05, 3.63) is 41.0 Å². The van der Waals surface area contributed by atoms with E-state index in [2.05, 4.69) is 5.32 Å². The van der Waals surface area contributed by atoms with Crippen LogP contribution in [-0.4, -0.2) is 36.4 Å². The Morgan fingerprint density at radius 1 is 1.36 bits per heavy atom. The molecule has 5 nitrogen and oxygen atoms in total. The largest absolute Gasteiger partial charge is 0.494 e. The molecule has 1 saturated carbocycles. The van der Waals surface area contributed by atoms with Crippen LogP contribution in [-0.2, 0) is 16.1 Å². The summed E-state index contributed by atoms with van der Waals surface area (Å²) in [6, 6.07) is 7.91. The number of benzene rings is 1. The molecule has 25 heavy (non-hydrogen) atoms. The Labute approximate surface area is 149 Å². The zero-order chi connectivity index (χ0) is 17.8. The highest BCUT2D eigenvalue weighted by Gasteiger charge is 2.38. The molecule has 0 radical (unpaired) electrons. The van der Waals surface area contributed by atoms with Gasteiger partial charge in [-0.05, 0) is 49.5 Å². The molecular weight excluding hydrogens is 316 g/mol. The van der Waals surface area contributed by atoms with Crippen molar-refractivity contribution in [1.29, 1.82) is 0 Å². The zero-order valence-electron chi connectivity index (χ0n) is 15.0. The van der Waals surface area contributed by atoms with E-state index in [1.165, 1.54) is 5.57 Å². The topological polar surface area (TPSA) is 58.6 Å². The van der Waals surface area contributed by atoms with E-state index < -0.39 is 0 Å². The number of fused-ring (bicyclic) bond motifs is 1. The second kappa shape index (κ2) is 7.72. The van der Waals surface area contributed by atoms with Crippen LogP contribution >= 0.6 is 0 Å². The van der Waals surface area contributed by atoms with Crippen molar-refractivity contribution in [2.75, 3.05) is 13.7 Å². The summed E-state index contributed by atoms with van der Waals surface area (Å²) in [5, 5.41) is 2.93. The van der Waals surface area contributed by atoms with Crippen molar-refractivity contribution < 1.29 is 14.3 Å². The van der Waals surface area contributed by atoms with Crippen LogP contribution in [0.1, 0.15) is 44.6 Å². The molecule has 5 heteroatoms. The minimum Gasteiger partial charge on any atom is -0.494 e. The number of hydrogen-bond donors (Lipinski definition) is 1. The fraction of sp³-hybridized carbons (Fsp3) is 0.500. The van der Waals surface area contributed by atoms with Gasteiger partial charge in [0.2, 0.25) is 5.91 Å². The maximum Gasteiger partial charge on any atom is 0.250 e. The average Bonchev–Trinajstić information content (AvgIpc) is 2.86. The van der Waals surface area contributed by atoms with Gasteiger partial charge in [-0.25, -0.2) is 0 Å². The highest BCUT2D eigenvalue weighted by atomic mass is 16.5. The molecule has 1 aliphatic heterocycles. The lowest BCUT2D eigenvalue weighted by Gasteiger charge is -2.26. The number of nitrogens with one attached hydrogen (secondary N) is 1. The molecule has 3 rings (SSSR count). The van der Waals surface area contributed by atoms with Crippen molar-refractivity contribution >= 4 is 11.8 Å². The van der Waals surface area contributed by atoms with Crippen LogP contribution in [0, 0.1) is 0 Å². The van der Waals surface area contributed by atoms with Crippen molar-refractivity contribution in [3.63, 3.8) is 0 Å². The van der Waals surface area contributed by atoms with Crippen LogP contribution in [0.3, 0.4) is 0 Å². The van der Waals surface area contributed by atoms with Gasteiger partial charge < -0.3 is 15.0 Å². The standard InChI is InChI=1S/C20H26N2O3/c1-3-25-15-8-6-7-14(11-15)13-21-19(23)12-17-16-9-4-5-10-18(16)22(2)20(17)24/h6-8,11,18H,3-5,9-10,12-13H2,1-2H3,(H,21,23). The molecule has 1 atom stereocenters. The van der Waals surface area contributed by atoms with E-state index in [9.17, 15) is 9.59 Å². The maximum absolute atomic E-state index is 12.5. The van der Waals surface area contributed by atoms with Gasteiger partial charge in [-0.3, -0.25) is 9.59 Å². The summed E-state index contributed by atoms with van der Waals surface area (Å²) in [5.41, 5.74) is 2.89. The lowest BCUT2D eigenvalue weighted by Crippen LogP contribution is -2.33. The predicted octanol–water partition coefficient (Wildman–Crippen LogP) is 2.80. The van der Waals surface area contributed by atoms with Gasteiger partial charge in [-0.15, -0.1) is 0 Å². The average molecular weight is 342 g/mol. The molecule has 1 aliphatic carbocycles. The van der Waals surface area contributed by atoms with E-state index in [1.807, 2.05) is 43.1 Å². The number of amides is 2. The van der Waals surface area contributed by atoms with E-state index >= 15 is 0 Å². The van der Waals surface area contributed by atoms with E-state index in [1.54, 1.807) is 0 Å². The van der Waals surface area contributed by atoms with Gasteiger partial charge in [0, 0.05) is 19.2 Å². The first-order valence-corrected chi connectivity index (χ1v) is 9.07. The Morgan fingerprint density at radius 2 is 2.20 bits per heavy atom. The quantitative estimate of drug-likeness (QED) is 0.865. The van der Waals surface area contributed by atoms with Gasteiger partial charge in [0.15, 0.2) is 0 Å². The zero-order valence-corrected chi connectivity index (χ0v) is 15.0. The van der Waals surface area contributed by atoms with Crippen LogP contribution in [0.4, 0.5) is 0 Å². The van der Waals surface area contributed by atoms with Crippen molar-refractivity contribution in [1.82, 2.24) is 10.2 Å². The number of ether oxygens (including phenoxy) is 1. The molecule has 134 valence electrons. The molecule has 1 N–H and O–H groups in total. The van der Waals surface area contributed by atoms with Gasteiger partial charge in [-0.1, -0.05) is 18.6 Å². The lowest BCUT2D eigenvalue weighted by molar-refractivity contribution is -0.128. The Balaban J connectivity index is 1.61. The van der Waals surface area contributed by atoms with Crippen molar-refractivity contribution in [3.8, 4) is 5.75 Å². The number of likely N-dealkylation sites (N-methyl/N-ethyl adjacent to an activating group) is 1. The summed E-state index contributed by atoms with van der Waals surface area (Å²) in [7, 11) is 1.85. The van der Waals surface area contributed by atoms with Crippen LogP contribution in [0.5, 0.6) is 5.75 Å². The fourth-order valence-corrected chi connectivity index (χ4v) is 3.79. The number of nitrogens with zero attached hydrogens (tertiary/aromatic N) is 1. The van der Waals surface area contributed by atoms with E-state index in [-0.39, 0.29) is 24.3 Å². The van der Waals surface area contributed by atoms with Crippen molar-refractivity contribution in [2.24, 2.45) is 0 Å². The molecule has 1 fully saturated rings. The second-order valence-corrected chi connectivity index (χ2v) is 6.72. The molecule has 1 aromatic carbocycles. The highest BCUT2D eigenvalue weighted by Crippen LogP contribution is 2.36. The Bertz CT molecular complexity index is 696. The Morgan fingerprint density at radius 3 is 3.00 bits per heavy atom. The predicted molar refractivity (Wildman–Crippen MR) is 96.1 cm³/mol. The number of carbonyl (C=O) groups excluding carboxylic acids is 2. The van der Waals surface area contributed by atoms with E-state index in [4.69, 9.17) is 4.74 Å². The third-order valence-electron chi connectivity index (χ3n) is 5.05. The third kappa shape index (κ3) is 3.86. The summed E-state index contributed by atoms with van der Waals surface area (Å²) in [6.07, 6.45) is 4.41. The first kappa shape index (κ1) is 17.5. The monoisotopic (exact) mass is 342 g/mol. The van der Waals surface area contributed by atoms with Crippen molar-refractivity contribution in [2.45, 2.75) is 51.6 Å². The minimum atomic E-state index is -0.0997. The van der Waals surface area contributed by atoms with Gasteiger partial charge in [0.25, 0.3) is 5.91 Å². The van der Waals surface area contributed by atoms with Gasteiger partial charge in [0.1, 0.15) is 5.75 Å². The number of hydrogen-bond acceptors (Lipinski definition) is 3. The maximum atomic E-state index is 12.5. The Kier molecular flexibility index (Phi) is 5.41. The summed E-state index contributed by atoms with van der Waals surface area (Å²) in [4.78, 5) is 26.6. The molecule has 1 unspecified atom stereocenters. The highest BCUT2D eigenvalue weighted by molar-refractivity contribution is 6.02. The molecule has 0 bridgehead atoms. The Hall–Kier alpha value is -2.30. The third-order valence-corrected chi connectivity index (χ3v) is 5.05. The van der Waals surface area contributed by atoms with Crippen LogP contribution in [0.25, 0.3) is 0 Å². The number of rotatable bonds is 6. The molecule has 1 aromatic rings. The van der Waals surface area contributed by atoms with Gasteiger partial charge >= 0.3 is 0 Å². The molecule has 0 saturated heterocycles. The smallest absolute Gasteiger partial charge is 0.250 e. The molecule has 1 heterocycles. The lowest BCUT2D eigenvalue weighted by atomic mass is 9.88. The van der Waals surface area contributed by atoms with Crippen LogP contribution < -0.4 is 10.1 Å². The van der Waals surface area contributed by atoms with Gasteiger partial charge in [-0.2, -0.15) is 0 Å². The number of carbonyl (C=O) groups is 2. The normalized spacial score (nSPS) is 19.8. The fourth-order valence-electron chi connectivity index (χ4n) is 3.79. The van der Waals surface area contributed by atoms with E-state index in [0.717, 1.165) is 37.0 Å². The molecular formula is C20H26N2O3. The molecule has 2 aliphatic rings. The summed E-state index contributed by atoms with van der Waals surface area (Å²) in [5.74, 6) is 0.726. The minimum absolute atomic E-state index is 0.0235. The first-order valence-electron chi connectivity index (χ1n) is 9.07. The summed E-state index contributed by atoms with van der Waals surface area (Å²) >= 11 is 0. The summed E-state index contributed by atoms with van der Waals surface area (Å²) < 4.78 is 5.48. The van der Waals surface area contributed by atoms with E-state index in [0.29, 0.717) is 18.7 Å². The SMILES string of the molecule is CCOc1cccc(CNC(=O)CC2=C3CCCCC3N(C)C2=O)c1. The van der Waals surface area contributed by atoms with Gasteiger partial charge in [0.05, 0.1) is 19.1 Å². The molecule has 0 spiro atoms. The van der Waals surface area contributed by atoms with Crippen LogP contribution in [0.2, 0.25) is 0 Å². The first-order chi connectivity index (χ1) is 12.1. The second-order valence-electron chi connectivity index (χ2n) is 6.72. The summed E-state index contributed by atoms with van der Waals surface area (Å²) in [6.45, 7) is 3.00. The molecule has 2 amide bonds. The van der Waals surface area contributed by atoms with Crippen LogP contribution in [0.15, 0.2) is 35.4 Å².